The fraction of sp³-hybridized carbons (Fsp3) is 0.167. The lowest BCUT2D eigenvalue weighted by molar-refractivity contribution is 0.0691. The van der Waals surface area contributed by atoms with E-state index >= 15 is 0 Å². The van der Waals surface area contributed by atoms with E-state index in [1.165, 1.54) is 23.9 Å². The second kappa shape index (κ2) is 5.63. The smallest absolute Gasteiger partial charge is 0.338 e. The Morgan fingerprint density at radius 1 is 1.58 bits per heavy atom. The van der Waals surface area contributed by atoms with Crippen LogP contribution >= 0.6 is 23.4 Å². The summed E-state index contributed by atoms with van der Waals surface area (Å²) in [4.78, 5) is 15.6. The van der Waals surface area contributed by atoms with Crippen LogP contribution < -0.4 is 0 Å². The van der Waals surface area contributed by atoms with Crippen LogP contribution in [-0.2, 0) is 12.8 Å². The average molecular weight is 301 g/mol. The standard InChI is InChI=1S/C12H10ClFN2O2S/c1-16-10(13)5-15-11(16)6-19-7-2-3-9(14)8(4-7)12(17)18/h2-5H,6H2,1H3,(H,17,18). The van der Waals surface area contributed by atoms with E-state index in [0.29, 0.717) is 15.8 Å². The van der Waals surface area contributed by atoms with Gasteiger partial charge >= 0.3 is 5.97 Å². The van der Waals surface area contributed by atoms with Crippen LogP contribution in [0.1, 0.15) is 16.2 Å². The van der Waals surface area contributed by atoms with E-state index in [-0.39, 0.29) is 5.56 Å². The molecule has 0 atom stereocenters. The van der Waals surface area contributed by atoms with Gasteiger partial charge in [-0.25, -0.2) is 14.2 Å². The highest BCUT2D eigenvalue weighted by atomic mass is 35.5. The normalized spacial score (nSPS) is 10.7. The number of carboxylic acids is 1. The van der Waals surface area contributed by atoms with Gasteiger partial charge in [0.2, 0.25) is 0 Å². The molecule has 0 bridgehead atoms. The Kier molecular flexibility index (Phi) is 4.11. The third kappa shape index (κ3) is 3.08. The van der Waals surface area contributed by atoms with Crippen LogP contribution in [0.25, 0.3) is 0 Å². The van der Waals surface area contributed by atoms with Crippen LogP contribution in [-0.4, -0.2) is 20.6 Å². The van der Waals surface area contributed by atoms with Crippen molar-refractivity contribution in [3.63, 3.8) is 0 Å². The number of rotatable bonds is 4. The Morgan fingerprint density at radius 3 is 2.89 bits per heavy atom. The van der Waals surface area contributed by atoms with Gasteiger partial charge in [0.05, 0.1) is 17.5 Å². The first kappa shape index (κ1) is 13.9. The fourth-order valence-corrected chi connectivity index (χ4v) is 2.54. The summed E-state index contributed by atoms with van der Waals surface area (Å²) in [5, 5.41) is 9.37. The van der Waals surface area contributed by atoms with E-state index in [2.05, 4.69) is 4.98 Å². The molecule has 100 valence electrons. The number of aromatic nitrogens is 2. The van der Waals surface area contributed by atoms with Crippen molar-refractivity contribution in [3.8, 4) is 0 Å². The Morgan fingerprint density at radius 2 is 2.32 bits per heavy atom. The van der Waals surface area contributed by atoms with Gasteiger partial charge in [-0.05, 0) is 18.2 Å². The van der Waals surface area contributed by atoms with Crippen LogP contribution in [0.2, 0.25) is 5.15 Å². The first-order chi connectivity index (χ1) is 8.99. The molecule has 1 aromatic carbocycles. The lowest BCUT2D eigenvalue weighted by Crippen LogP contribution is -2.00. The molecule has 2 rings (SSSR count). The molecule has 7 heteroatoms. The van der Waals surface area contributed by atoms with E-state index in [1.807, 2.05) is 0 Å². The van der Waals surface area contributed by atoms with Gasteiger partial charge in [-0.1, -0.05) is 11.6 Å². The third-order valence-electron chi connectivity index (χ3n) is 2.56. The zero-order chi connectivity index (χ0) is 14.0. The minimum absolute atomic E-state index is 0.331. The van der Waals surface area contributed by atoms with Crippen molar-refractivity contribution in [2.24, 2.45) is 7.05 Å². The zero-order valence-electron chi connectivity index (χ0n) is 9.93. The van der Waals surface area contributed by atoms with Gasteiger partial charge in [0.15, 0.2) is 0 Å². The van der Waals surface area contributed by atoms with Gasteiger partial charge in [-0.2, -0.15) is 0 Å². The molecule has 0 aliphatic heterocycles. The Hall–Kier alpha value is -1.53. The maximum Gasteiger partial charge on any atom is 0.338 e. The van der Waals surface area contributed by atoms with Gasteiger partial charge in [-0.3, -0.25) is 0 Å². The van der Waals surface area contributed by atoms with E-state index in [4.69, 9.17) is 16.7 Å². The highest BCUT2D eigenvalue weighted by molar-refractivity contribution is 7.98. The Balaban J connectivity index is 2.14. The van der Waals surface area contributed by atoms with Crippen molar-refractivity contribution >= 4 is 29.3 Å². The monoisotopic (exact) mass is 300 g/mol. The molecule has 0 amide bonds. The minimum atomic E-state index is -1.28. The predicted octanol–water partition coefficient (Wildman–Crippen LogP) is 3.20. The summed E-state index contributed by atoms with van der Waals surface area (Å²) in [7, 11) is 1.79. The Labute approximate surface area is 118 Å². The van der Waals surface area contributed by atoms with Crippen LogP contribution in [0.5, 0.6) is 0 Å². The van der Waals surface area contributed by atoms with Gasteiger partial charge in [0, 0.05) is 11.9 Å². The summed E-state index contributed by atoms with van der Waals surface area (Å²) in [6.45, 7) is 0. The van der Waals surface area contributed by atoms with Crippen molar-refractivity contribution in [2.75, 3.05) is 0 Å². The highest BCUT2D eigenvalue weighted by Crippen LogP contribution is 2.25. The maximum absolute atomic E-state index is 13.2. The molecule has 0 saturated heterocycles. The number of thioether (sulfide) groups is 1. The molecular formula is C12H10ClFN2O2S. The summed E-state index contributed by atoms with van der Waals surface area (Å²) < 4.78 is 15.0. The Bertz CT molecular complexity index is 630. The number of aromatic carboxylic acids is 1. The molecule has 0 spiro atoms. The van der Waals surface area contributed by atoms with E-state index in [9.17, 15) is 9.18 Å². The van der Waals surface area contributed by atoms with Crippen LogP contribution in [0.4, 0.5) is 4.39 Å². The predicted molar refractivity (Wildman–Crippen MR) is 71.1 cm³/mol. The molecule has 4 nitrogen and oxygen atoms in total. The van der Waals surface area contributed by atoms with Crippen molar-refractivity contribution in [1.82, 2.24) is 9.55 Å². The first-order valence-corrected chi connectivity index (χ1v) is 6.67. The minimum Gasteiger partial charge on any atom is -0.478 e. The number of imidazole rings is 1. The van der Waals surface area contributed by atoms with Crippen molar-refractivity contribution in [2.45, 2.75) is 10.6 Å². The number of nitrogens with zero attached hydrogens (tertiary/aromatic N) is 2. The molecule has 0 fully saturated rings. The molecule has 0 aliphatic carbocycles. The van der Waals surface area contributed by atoms with Gasteiger partial charge in [0.1, 0.15) is 16.8 Å². The van der Waals surface area contributed by atoms with E-state index in [1.54, 1.807) is 17.8 Å². The molecule has 1 heterocycles. The number of hydrogen-bond acceptors (Lipinski definition) is 3. The highest BCUT2D eigenvalue weighted by Gasteiger charge is 2.12. The van der Waals surface area contributed by atoms with Crippen molar-refractivity contribution in [1.29, 1.82) is 0 Å². The van der Waals surface area contributed by atoms with Crippen molar-refractivity contribution < 1.29 is 14.3 Å². The summed E-state index contributed by atoms with van der Waals surface area (Å²) in [6, 6.07) is 4.00. The molecule has 19 heavy (non-hydrogen) atoms. The van der Waals surface area contributed by atoms with E-state index < -0.39 is 11.8 Å². The van der Waals surface area contributed by atoms with Crippen LogP contribution in [0, 0.1) is 5.82 Å². The lowest BCUT2D eigenvalue weighted by Gasteiger charge is -2.04. The topological polar surface area (TPSA) is 55.1 Å². The number of carbonyl (C=O) groups is 1. The van der Waals surface area contributed by atoms with E-state index in [0.717, 1.165) is 11.9 Å². The second-order valence-electron chi connectivity index (χ2n) is 3.79. The summed E-state index contributed by atoms with van der Waals surface area (Å²) in [5.41, 5.74) is -0.331. The summed E-state index contributed by atoms with van der Waals surface area (Å²) >= 11 is 7.23. The van der Waals surface area contributed by atoms with Gasteiger partial charge in [-0.15, -0.1) is 11.8 Å². The second-order valence-corrected chi connectivity index (χ2v) is 5.23. The molecule has 1 aromatic heterocycles. The molecule has 0 aliphatic rings. The molecule has 0 unspecified atom stereocenters. The first-order valence-electron chi connectivity index (χ1n) is 5.30. The quantitative estimate of drug-likeness (QED) is 0.881. The molecule has 0 saturated carbocycles. The van der Waals surface area contributed by atoms with Gasteiger partial charge < -0.3 is 9.67 Å². The average Bonchev–Trinajstić information content (AvgIpc) is 2.69. The number of benzene rings is 1. The number of halogens is 2. The maximum atomic E-state index is 13.2. The zero-order valence-corrected chi connectivity index (χ0v) is 11.5. The summed E-state index contributed by atoms with van der Waals surface area (Å²) in [6.07, 6.45) is 1.55. The number of hydrogen-bond donors (Lipinski definition) is 1. The largest absolute Gasteiger partial charge is 0.478 e. The molecule has 0 radical (unpaired) electrons. The fourth-order valence-electron chi connectivity index (χ4n) is 1.46. The van der Waals surface area contributed by atoms with Crippen LogP contribution in [0.15, 0.2) is 29.3 Å². The molecular weight excluding hydrogens is 291 g/mol. The van der Waals surface area contributed by atoms with Crippen molar-refractivity contribution in [3.05, 3.63) is 46.8 Å². The lowest BCUT2D eigenvalue weighted by atomic mass is 10.2. The SMILES string of the molecule is Cn1c(Cl)cnc1CSc1ccc(F)c(C(=O)O)c1. The summed E-state index contributed by atoms with van der Waals surface area (Å²) in [5.74, 6) is -0.735. The van der Waals surface area contributed by atoms with Crippen LogP contribution in [0.3, 0.4) is 0 Å². The third-order valence-corrected chi connectivity index (χ3v) is 3.90. The van der Waals surface area contributed by atoms with Gasteiger partial charge in [0.25, 0.3) is 0 Å². The molecule has 2 aromatic rings. The molecule has 1 N–H and O–H groups in total. The number of carboxylic acid groups (broad SMARTS) is 1.